The second-order valence-corrected chi connectivity index (χ2v) is 4.97. The Bertz CT molecular complexity index is 386. The van der Waals surface area contributed by atoms with Gasteiger partial charge in [-0.25, -0.2) is 15.8 Å². The van der Waals surface area contributed by atoms with Gasteiger partial charge in [-0.15, -0.1) is 0 Å². The largest absolute Gasteiger partial charge is 0.379 e. The summed E-state index contributed by atoms with van der Waals surface area (Å²) in [6, 6.07) is 1.85. The predicted molar refractivity (Wildman–Crippen MR) is 76.0 cm³/mol. The molecule has 2 rings (SSSR count). The monoisotopic (exact) mass is 265 g/mol. The number of aromatic nitrogens is 2. The lowest BCUT2D eigenvalue weighted by molar-refractivity contribution is 0.131. The van der Waals surface area contributed by atoms with E-state index in [0.29, 0.717) is 5.82 Å². The molecule has 0 saturated heterocycles. The standard InChI is InChI=1S/C13H23N5O/c1-3-11-15-12(17-14)8-13(16-11)18(2)6-7-19-9-10-4-5-10/h8,10H,3-7,9,14H2,1-2H3,(H,15,16,17). The highest BCUT2D eigenvalue weighted by atomic mass is 16.5. The molecule has 106 valence electrons. The maximum atomic E-state index is 5.64. The Balaban J connectivity index is 1.86. The highest BCUT2D eigenvalue weighted by molar-refractivity contribution is 5.48. The number of nitrogens with zero attached hydrogens (tertiary/aromatic N) is 3. The van der Waals surface area contributed by atoms with Crippen molar-refractivity contribution in [2.75, 3.05) is 37.1 Å². The van der Waals surface area contributed by atoms with E-state index in [1.807, 2.05) is 20.0 Å². The molecule has 0 unspecified atom stereocenters. The summed E-state index contributed by atoms with van der Waals surface area (Å²) in [6.45, 7) is 4.46. The van der Waals surface area contributed by atoms with E-state index >= 15 is 0 Å². The van der Waals surface area contributed by atoms with Gasteiger partial charge in [-0.2, -0.15) is 0 Å². The number of hydrogen-bond acceptors (Lipinski definition) is 6. The molecule has 0 aromatic carbocycles. The van der Waals surface area contributed by atoms with E-state index in [2.05, 4.69) is 20.3 Å². The van der Waals surface area contributed by atoms with Crippen molar-refractivity contribution in [3.8, 4) is 0 Å². The van der Waals surface area contributed by atoms with Gasteiger partial charge in [0.05, 0.1) is 6.61 Å². The van der Waals surface area contributed by atoms with Crippen LogP contribution in [-0.2, 0) is 11.2 Å². The lowest BCUT2D eigenvalue weighted by Gasteiger charge is -2.19. The summed E-state index contributed by atoms with van der Waals surface area (Å²) >= 11 is 0. The normalized spacial score (nSPS) is 14.5. The molecule has 1 aromatic heterocycles. The molecule has 0 aliphatic heterocycles. The van der Waals surface area contributed by atoms with E-state index in [4.69, 9.17) is 10.6 Å². The molecule has 6 heteroatoms. The van der Waals surface area contributed by atoms with E-state index in [9.17, 15) is 0 Å². The Morgan fingerprint density at radius 2 is 2.26 bits per heavy atom. The van der Waals surface area contributed by atoms with Crippen LogP contribution >= 0.6 is 0 Å². The summed E-state index contributed by atoms with van der Waals surface area (Å²) in [4.78, 5) is 10.8. The first kappa shape index (κ1) is 14.0. The number of rotatable bonds is 8. The zero-order valence-electron chi connectivity index (χ0n) is 11.7. The zero-order valence-corrected chi connectivity index (χ0v) is 11.7. The molecule has 0 amide bonds. The van der Waals surface area contributed by atoms with Crippen LogP contribution in [0.5, 0.6) is 0 Å². The minimum atomic E-state index is 0.646. The van der Waals surface area contributed by atoms with Gasteiger partial charge in [0.15, 0.2) is 0 Å². The predicted octanol–water partition coefficient (Wildman–Crippen LogP) is 1.19. The van der Waals surface area contributed by atoms with Crippen LogP contribution in [0.2, 0.25) is 0 Å². The van der Waals surface area contributed by atoms with E-state index < -0.39 is 0 Å². The fraction of sp³-hybridized carbons (Fsp3) is 0.692. The minimum absolute atomic E-state index is 0.646. The maximum Gasteiger partial charge on any atom is 0.145 e. The van der Waals surface area contributed by atoms with Crippen LogP contribution in [0, 0.1) is 5.92 Å². The third-order valence-corrected chi connectivity index (χ3v) is 3.24. The lowest BCUT2D eigenvalue weighted by atomic mass is 10.4. The average molecular weight is 265 g/mol. The van der Waals surface area contributed by atoms with Gasteiger partial charge >= 0.3 is 0 Å². The summed E-state index contributed by atoms with van der Waals surface area (Å²) < 4.78 is 5.64. The third kappa shape index (κ3) is 4.33. The van der Waals surface area contributed by atoms with Crippen LogP contribution < -0.4 is 16.2 Å². The fourth-order valence-electron chi connectivity index (χ4n) is 1.76. The van der Waals surface area contributed by atoms with Gasteiger partial charge < -0.3 is 15.1 Å². The molecule has 19 heavy (non-hydrogen) atoms. The van der Waals surface area contributed by atoms with Gasteiger partial charge in [0.25, 0.3) is 0 Å². The third-order valence-electron chi connectivity index (χ3n) is 3.24. The Morgan fingerprint density at radius 1 is 1.47 bits per heavy atom. The SMILES string of the molecule is CCc1nc(NN)cc(N(C)CCOCC2CC2)n1. The Labute approximate surface area is 114 Å². The lowest BCUT2D eigenvalue weighted by Crippen LogP contribution is -2.25. The molecule has 1 aromatic rings. The van der Waals surface area contributed by atoms with Crippen molar-refractivity contribution < 1.29 is 4.74 Å². The summed E-state index contributed by atoms with van der Waals surface area (Å²) in [5.74, 6) is 8.53. The highest BCUT2D eigenvalue weighted by Gasteiger charge is 2.21. The van der Waals surface area contributed by atoms with Crippen molar-refractivity contribution in [1.82, 2.24) is 9.97 Å². The zero-order chi connectivity index (χ0) is 13.7. The summed E-state index contributed by atoms with van der Waals surface area (Å²) in [5, 5.41) is 0. The number of ether oxygens (including phenoxy) is 1. The van der Waals surface area contributed by atoms with Crippen LogP contribution in [-0.4, -0.2) is 36.8 Å². The topological polar surface area (TPSA) is 76.3 Å². The van der Waals surface area contributed by atoms with Gasteiger partial charge in [-0.05, 0) is 18.8 Å². The number of nitrogens with one attached hydrogen (secondary N) is 1. The van der Waals surface area contributed by atoms with Crippen LogP contribution in [0.15, 0.2) is 6.07 Å². The van der Waals surface area contributed by atoms with Crippen molar-refractivity contribution >= 4 is 11.6 Å². The van der Waals surface area contributed by atoms with Crippen molar-refractivity contribution in [2.45, 2.75) is 26.2 Å². The van der Waals surface area contributed by atoms with Gasteiger partial charge in [0.1, 0.15) is 17.5 Å². The second-order valence-electron chi connectivity index (χ2n) is 4.97. The van der Waals surface area contributed by atoms with E-state index in [1.54, 1.807) is 0 Å². The number of hydrogen-bond donors (Lipinski definition) is 2. The number of likely N-dealkylation sites (N-methyl/N-ethyl adjacent to an activating group) is 1. The van der Waals surface area contributed by atoms with Crippen molar-refractivity contribution in [2.24, 2.45) is 11.8 Å². The Kier molecular flexibility index (Phi) is 4.93. The van der Waals surface area contributed by atoms with Crippen LogP contribution in [0.3, 0.4) is 0 Å². The first-order valence-corrected chi connectivity index (χ1v) is 6.86. The first-order valence-electron chi connectivity index (χ1n) is 6.86. The number of anilines is 2. The molecule has 1 saturated carbocycles. The number of nitrogens with two attached hydrogens (primary N) is 1. The molecule has 3 N–H and O–H groups in total. The minimum Gasteiger partial charge on any atom is -0.379 e. The molecule has 1 aliphatic rings. The Hall–Kier alpha value is -1.40. The van der Waals surface area contributed by atoms with Crippen LogP contribution in [0.1, 0.15) is 25.6 Å². The highest BCUT2D eigenvalue weighted by Crippen LogP contribution is 2.28. The molecule has 0 atom stereocenters. The quantitative estimate of drug-likeness (QED) is 0.418. The van der Waals surface area contributed by atoms with E-state index in [-0.39, 0.29) is 0 Å². The van der Waals surface area contributed by atoms with Crippen LogP contribution in [0.25, 0.3) is 0 Å². The maximum absolute atomic E-state index is 5.64. The van der Waals surface area contributed by atoms with Crippen molar-refractivity contribution in [3.63, 3.8) is 0 Å². The summed E-state index contributed by atoms with van der Waals surface area (Å²) in [6.07, 6.45) is 3.44. The van der Waals surface area contributed by atoms with E-state index in [0.717, 1.165) is 43.7 Å². The van der Waals surface area contributed by atoms with Crippen molar-refractivity contribution in [3.05, 3.63) is 11.9 Å². The molecule has 6 nitrogen and oxygen atoms in total. The van der Waals surface area contributed by atoms with Crippen molar-refractivity contribution in [1.29, 1.82) is 0 Å². The first-order chi connectivity index (χ1) is 9.22. The fourth-order valence-corrected chi connectivity index (χ4v) is 1.76. The molecule has 1 fully saturated rings. The van der Waals surface area contributed by atoms with Gasteiger partial charge in [0.2, 0.25) is 0 Å². The summed E-state index contributed by atoms with van der Waals surface area (Å²) in [7, 11) is 2.00. The second kappa shape index (κ2) is 6.68. The molecule has 1 heterocycles. The van der Waals surface area contributed by atoms with Gasteiger partial charge in [0, 0.05) is 32.7 Å². The van der Waals surface area contributed by atoms with E-state index in [1.165, 1.54) is 12.8 Å². The molecule has 0 radical (unpaired) electrons. The summed E-state index contributed by atoms with van der Waals surface area (Å²) in [5.41, 5.74) is 2.58. The molecule has 0 spiro atoms. The smallest absolute Gasteiger partial charge is 0.145 e. The number of aryl methyl sites for hydroxylation is 1. The molecule has 1 aliphatic carbocycles. The number of hydrazine groups is 1. The average Bonchev–Trinajstić information content (AvgIpc) is 3.26. The van der Waals surface area contributed by atoms with Gasteiger partial charge in [-0.3, -0.25) is 0 Å². The molecular formula is C13H23N5O. The molecule has 0 bridgehead atoms. The van der Waals surface area contributed by atoms with Crippen LogP contribution in [0.4, 0.5) is 11.6 Å². The molecular weight excluding hydrogens is 242 g/mol. The Morgan fingerprint density at radius 3 is 2.89 bits per heavy atom. The van der Waals surface area contributed by atoms with Gasteiger partial charge in [-0.1, -0.05) is 6.92 Å². The number of nitrogen functional groups attached to an aromatic ring is 1.